The van der Waals surface area contributed by atoms with Crippen LogP contribution in [0, 0.1) is 5.92 Å². The van der Waals surface area contributed by atoms with Gasteiger partial charge in [0.15, 0.2) is 5.78 Å². The van der Waals surface area contributed by atoms with Crippen molar-refractivity contribution in [3.63, 3.8) is 0 Å². The second-order valence-electron chi connectivity index (χ2n) is 9.51. The summed E-state index contributed by atoms with van der Waals surface area (Å²) in [5.74, 6) is -7.62. The monoisotopic (exact) mass is 569 g/mol. The van der Waals surface area contributed by atoms with Gasteiger partial charge in [-0.15, -0.1) is 0 Å². The van der Waals surface area contributed by atoms with Crippen molar-refractivity contribution in [1.29, 1.82) is 0 Å². The molecule has 0 aliphatic carbocycles. The number of nitrogen functional groups attached to an aromatic ring is 2. The first kappa shape index (κ1) is 30.5. The molecule has 0 saturated carbocycles. The number of carbonyl (C=O) groups is 5. The van der Waals surface area contributed by atoms with Crippen LogP contribution in [0.5, 0.6) is 0 Å². The standard InChI is InChI=1S/C26H31N7O8/c27-17(25(40)41)11-15(24(38)39)20(36)18(8-9-19(34)35)31-23(37)13-6-4-12(5-7-13)2-1-3-14-10-16-21(28)32-26(29)33-22(16)30-14/h4-7,10,15,17-18H,1-3,8-9,11,27H2,(H,31,37)(H,34,35)(H,38,39)(H,40,41)(H5,28,29,30,32,33)/t15?,17-,18-/m0/s1. The molecule has 3 rings (SSSR count). The number of carboxylic acid groups (broad SMARTS) is 3. The number of nitrogens with two attached hydrogens (primary N) is 3. The molecule has 3 atom stereocenters. The van der Waals surface area contributed by atoms with Gasteiger partial charge in [-0.1, -0.05) is 12.1 Å². The first-order chi connectivity index (χ1) is 19.3. The first-order valence-corrected chi connectivity index (χ1v) is 12.6. The molecule has 0 aliphatic rings. The van der Waals surface area contributed by atoms with Gasteiger partial charge in [-0.05, 0) is 55.9 Å². The van der Waals surface area contributed by atoms with Crippen molar-refractivity contribution in [1.82, 2.24) is 20.3 Å². The number of benzene rings is 1. The number of nitrogens with one attached hydrogen (secondary N) is 2. The number of carbonyl (C=O) groups excluding carboxylic acids is 2. The quantitative estimate of drug-likeness (QED) is 0.115. The number of hydrogen-bond acceptors (Lipinski definition) is 10. The van der Waals surface area contributed by atoms with E-state index in [1.54, 1.807) is 12.1 Å². The zero-order chi connectivity index (χ0) is 30.3. The van der Waals surface area contributed by atoms with E-state index in [0.717, 1.165) is 17.7 Å². The number of aliphatic carboxylic acids is 3. The minimum absolute atomic E-state index is 0.0780. The lowest BCUT2D eigenvalue weighted by molar-refractivity contribution is -0.148. The number of carboxylic acids is 3. The number of fused-ring (bicyclic) bond motifs is 1. The number of hydrogen-bond donors (Lipinski definition) is 8. The Morgan fingerprint density at radius 3 is 2.24 bits per heavy atom. The third-order valence-electron chi connectivity index (χ3n) is 6.46. The number of rotatable bonds is 15. The highest BCUT2D eigenvalue weighted by molar-refractivity contribution is 6.04. The molecule has 3 aromatic rings. The van der Waals surface area contributed by atoms with E-state index in [-0.39, 0.29) is 23.8 Å². The number of aromatic nitrogens is 3. The Morgan fingerprint density at radius 2 is 1.63 bits per heavy atom. The minimum Gasteiger partial charge on any atom is -0.481 e. The smallest absolute Gasteiger partial charge is 0.320 e. The molecule has 218 valence electrons. The van der Waals surface area contributed by atoms with E-state index in [2.05, 4.69) is 20.3 Å². The van der Waals surface area contributed by atoms with Crippen molar-refractivity contribution in [3.8, 4) is 0 Å². The Kier molecular flexibility index (Phi) is 9.92. The third-order valence-corrected chi connectivity index (χ3v) is 6.46. The van der Waals surface area contributed by atoms with E-state index in [9.17, 15) is 29.1 Å². The summed E-state index contributed by atoms with van der Waals surface area (Å²) in [6, 6.07) is 5.26. The van der Waals surface area contributed by atoms with Crippen molar-refractivity contribution in [3.05, 3.63) is 47.2 Å². The van der Waals surface area contributed by atoms with Crippen LogP contribution in [0.2, 0.25) is 0 Å². The molecule has 2 heterocycles. The number of aromatic amines is 1. The highest BCUT2D eigenvalue weighted by atomic mass is 16.4. The second-order valence-corrected chi connectivity index (χ2v) is 9.51. The molecule has 1 unspecified atom stereocenters. The van der Waals surface area contributed by atoms with E-state index in [0.29, 0.717) is 23.9 Å². The Morgan fingerprint density at radius 1 is 0.951 bits per heavy atom. The number of nitrogens with zero attached hydrogens (tertiary/aromatic N) is 2. The van der Waals surface area contributed by atoms with Crippen LogP contribution in [0.25, 0.3) is 11.0 Å². The summed E-state index contributed by atoms with van der Waals surface area (Å²) < 4.78 is 0. The average molecular weight is 570 g/mol. The van der Waals surface area contributed by atoms with E-state index >= 15 is 0 Å². The van der Waals surface area contributed by atoms with Crippen molar-refractivity contribution >= 4 is 52.4 Å². The van der Waals surface area contributed by atoms with Gasteiger partial charge < -0.3 is 42.8 Å². The van der Waals surface area contributed by atoms with Gasteiger partial charge in [0.1, 0.15) is 23.4 Å². The molecule has 0 bridgehead atoms. The minimum atomic E-state index is -1.85. The molecule has 0 saturated heterocycles. The first-order valence-electron chi connectivity index (χ1n) is 12.6. The topological polar surface area (TPSA) is 278 Å². The van der Waals surface area contributed by atoms with Gasteiger partial charge in [0.05, 0.1) is 11.4 Å². The third kappa shape index (κ3) is 8.22. The molecule has 1 aromatic carbocycles. The molecule has 0 spiro atoms. The zero-order valence-corrected chi connectivity index (χ0v) is 21.9. The van der Waals surface area contributed by atoms with Gasteiger partial charge in [0.25, 0.3) is 5.91 Å². The molecule has 0 fully saturated rings. The highest BCUT2D eigenvalue weighted by Gasteiger charge is 2.36. The SMILES string of the molecule is Nc1nc(N)c2cc(CCCc3ccc(C(=O)N[C@@H](CCC(=O)O)C(=O)C(C[C@H](N)C(=O)O)C(=O)O)cc3)[nH]c2n1. The van der Waals surface area contributed by atoms with Crippen LogP contribution in [-0.2, 0) is 32.0 Å². The molecule has 0 radical (unpaired) electrons. The zero-order valence-electron chi connectivity index (χ0n) is 21.9. The van der Waals surface area contributed by atoms with Gasteiger partial charge >= 0.3 is 17.9 Å². The van der Waals surface area contributed by atoms with Crippen LogP contribution >= 0.6 is 0 Å². The maximum Gasteiger partial charge on any atom is 0.320 e. The Bertz CT molecular complexity index is 1450. The Hall–Kier alpha value is -5.05. The number of aryl methyl sites for hydroxylation is 2. The van der Waals surface area contributed by atoms with E-state index in [4.69, 9.17) is 27.4 Å². The molecule has 41 heavy (non-hydrogen) atoms. The van der Waals surface area contributed by atoms with Crippen LogP contribution in [0.1, 0.15) is 47.3 Å². The van der Waals surface area contributed by atoms with Crippen LogP contribution in [-0.4, -0.2) is 72.0 Å². The van der Waals surface area contributed by atoms with E-state index in [1.807, 2.05) is 6.07 Å². The molecular formula is C26H31N7O8. The van der Waals surface area contributed by atoms with Gasteiger partial charge in [-0.25, -0.2) is 0 Å². The van der Waals surface area contributed by atoms with E-state index in [1.165, 1.54) is 12.1 Å². The predicted octanol–water partition coefficient (Wildman–Crippen LogP) is 0.333. The summed E-state index contributed by atoms with van der Waals surface area (Å²) in [5, 5.41) is 30.6. The summed E-state index contributed by atoms with van der Waals surface area (Å²) in [5.41, 5.74) is 19.5. The van der Waals surface area contributed by atoms with Gasteiger partial charge in [0.2, 0.25) is 5.95 Å². The second kappa shape index (κ2) is 13.3. The van der Waals surface area contributed by atoms with Crippen molar-refractivity contribution < 1.29 is 39.3 Å². The highest BCUT2D eigenvalue weighted by Crippen LogP contribution is 2.21. The van der Waals surface area contributed by atoms with Gasteiger partial charge in [-0.2, -0.15) is 9.97 Å². The lowest BCUT2D eigenvalue weighted by Gasteiger charge is -2.22. The summed E-state index contributed by atoms with van der Waals surface area (Å²) in [6.07, 6.45) is 0.469. The van der Waals surface area contributed by atoms with Crippen LogP contribution in [0.3, 0.4) is 0 Å². The van der Waals surface area contributed by atoms with Gasteiger partial charge in [-0.3, -0.25) is 24.0 Å². The van der Waals surface area contributed by atoms with Crippen molar-refractivity contribution in [2.45, 2.75) is 50.6 Å². The number of Topliss-reactive ketones (excluding diaryl/α,β-unsaturated/α-hetero) is 1. The largest absolute Gasteiger partial charge is 0.481 e. The molecule has 15 nitrogen and oxygen atoms in total. The molecule has 11 N–H and O–H groups in total. The Balaban J connectivity index is 1.63. The molecule has 15 heteroatoms. The summed E-state index contributed by atoms with van der Waals surface area (Å²) in [4.78, 5) is 70.8. The number of ketones is 1. The molecule has 0 aliphatic heterocycles. The summed E-state index contributed by atoms with van der Waals surface area (Å²) >= 11 is 0. The van der Waals surface area contributed by atoms with Gasteiger partial charge in [0, 0.05) is 17.7 Å². The van der Waals surface area contributed by atoms with E-state index < -0.39 is 60.4 Å². The maximum absolute atomic E-state index is 12.9. The fraction of sp³-hybridized carbons (Fsp3) is 0.346. The number of anilines is 2. The number of amides is 1. The Labute approximate surface area is 233 Å². The lowest BCUT2D eigenvalue weighted by atomic mass is 9.89. The maximum atomic E-state index is 12.9. The average Bonchev–Trinajstić information content (AvgIpc) is 3.32. The predicted molar refractivity (Wildman–Crippen MR) is 146 cm³/mol. The fourth-order valence-corrected chi connectivity index (χ4v) is 4.28. The summed E-state index contributed by atoms with van der Waals surface area (Å²) in [6.45, 7) is 0. The lowest BCUT2D eigenvalue weighted by Crippen LogP contribution is -2.47. The molecular weight excluding hydrogens is 538 g/mol. The van der Waals surface area contributed by atoms with Crippen LogP contribution in [0.4, 0.5) is 11.8 Å². The number of H-pyrrole nitrogens is 1. The van der Waals surface area contributed by atoms with Crippen LogP contribution in [0.15, 0.2) is 30.3 Å². The van der Waals surface area contributed by atoms with Crippen molar-refractivity contribution in [2.24, 2.45) is 11.7 Å². The fourth-order valence-electron chi connectivity index (χ4n) is 4.28. The van der Waals surface area contributed by atoms with Crippen molar-refractivity contribution in [2.75, 3.05) is 11.5 Å². The molecule has 2 aromatic heterocycles. The van der Waals surface area contributed by atoms with Crippen LogP contribution < -0.4 is 22.5 Å². The molecule has 1 amide bonds. The normalized spacial score (nSPS) is 13.3. The summed E-state index contributed by atoms with van der Waals surface area (Å²) in [7, 11) is 0.